The number of aromatic amines is 1. The van der Waals surface area contributed by atoms with Gasteiger partial charge in [-0.3, -0.25) is 14.4 Å². The Hall–Kier alpha value is -2.87. The molecule has 206 valence electrons. The minimum Gasteiger partial charge on any atom is -0.493 e. The zero-order chi connectivity index (χ0) is 27.6. The number of aromatic nitrogens is 4. The summed E-state index contributed by atoms with van der Waals surface area (Å²) in [5.41, 5.74) is 2.89. The van der Waals surface area contributed by atoms with E-state index in [1.807, 2.05) is 25.9 Å². The lowest BCUT2D eigenvalue weighted by Crippen LogP contribution is -2.51. The number of carbonyl (C=O) groups excluding carboxylic acids is 1. The number of carbonyl (C=O) groups is 1. The summed E-state index contributed by atoms with van der Waals surface area (Å²) in [6.07, 6.45) is 1.89. The van der Waals surface area contributed by atoms with Crippen LogP contribution < -0.4 is 10.1 Å². The van der Waals surface area contributed by atoms with Crippen molar-refractivity contribution < 1.29 is 17.9 Å². The van der Waals surface area contributed by atoms with Gasteiger partial charge in [0.1, 0.15) is 17.1 Å². The molecule has 1 fully saturated rings. The molecule has 2 aromatic heterocycles. The minimum absolute atomic E-state index is 0.114. The number of sulfonamides is 1. The molecule has 3 aromatic rings. The fourth-order valence-electron chi connectivity index (χ4n) is 4.77. The van der Waals surface area contributed by atoms with Gasteiger partial charge in [0.25, 0.3) is 0 Å². The number of benzene rings is 1. The van der Waals surface area contributed by atoms with Crippen molar-refractivity contribution in [3.05, 3.63) is 28.5 Å². The first kappa shape index (κ1) is 28.1. The Morgan fingerprint density at radius 2 is 2.03 bits per heavy atom. The Morgan fingerprint density at radius 1 is 1.26 bits per heavy atom. The fourth-order valence-corrected chi connectivity index (χ4v) is 6.60. The van der Waals surface area contributed by atoms with E-state index in [1.54, 1.807) is 22.9 Å². The van der Waals surface area contributed by atoms with Gasteiger partial charge in [-0.1, -0.05) is 25.6 Å². The van der Waals surface area contributed by atoms with E-state index >= 15 is 0 Å². The van der Waals surface area contributed by atoms with Crippen molar-refractivity contribution in [2.45, 2.75) is 51.1 Å². The van der Waals surface area contributed by atoms with Crippen LogP contribution in [0.1, 0.15) is 39.3 Å². The number of fused-ring (bicyclic) bond motifs is 1. The Balaban J connectivity index is 1.81. The van der Waals surface area contributed by atoms with E-state index in [1.165, 1.54) is 11.2 Å². The number of rotatable bonds is 8. The molecule has 38 heavy (non-hydrogen) atoms. The van der Waals surface area contributed by atoms with Crippen molar-refractivity contribution in [3.8, 4) is 17.1 Å². The SMILES string of the molecule is CCCc1nn(C)c2c(=S)nc(-c3cc(S(=O)(=O)N4CCCN(C)C(NC(C)=O)C4)ccc3OCC)[nH]c12. The third kappa shape index (κ3) is 5.60. The van der Waals surface area contributed by atoms with Crippen LogP contribution in [0.2, 0.25) is 0 Å². The molecule has 2 N–H and O–H groups in total. The molecule has 0 bridgehead atoms. The maximum atomic E-state index is 13.8. The quantitative estimate of drug-likeness (QED) is 0.402. The highest BCUT2D eigenvalue weighted by Crippen LogP contribution is 2.33. The third-order valence-corrected chi connectivity index (χ3v) is 8.75. The van der Waals surface area contributed by atoms with Gasteiger partial charge in [0, 0.05) is 33.6 Å². The standard InChI is InChI=1S/C25H35N7O4S2/c1-6-9-19-22-23(31(5)29-19)25(37)28-24(27-22)18-14-17(10-11-20(18)36-7-2)38(34,35)32-13-8-12-30(4)21(15-32)26-16(3)33/h10-11,14,21H,6-9,12-13,15H2,1-5H3,(H,26,33)(H,27,28,37). The van der Waals surface area contributed by atoms with Crippen molar-refractivity contribution in [3.63, 3.8) is 0 Å². The highest BCUT2D eigenvalue weighted by Gasteiger charge is 2.32. The molecule has 1 unspecified atom stereocenters. The van der Waals surface area contributed by atoms with Gasteiger partial charge in [0.05, 0.1) is 34.4 Å². The summed E-state index contributed by atoms with van der Waals surface area (Å²) in [7, 11) is -0.182. The zero-order valence-electron chi connectivity index (χ0n) is 22.4. The second-order valence-electron chi connectivity index (χ2n) is 9.44. The summed E-state index contributed by atoms with van der Waals surface area (Å²) < 4.78 is 37.1. The Bertz CT molecular complexity index is 1500. The molecule has 1 atom stereocenters. The van der Waals surface area contributed by atoms with Crippen molar-refractivity contribution in [1.29, 1.82) is 0 Å². The topological polar surface area (TPSA) is 125 Å². The van der Waals surface area contributed by atoms with E-state index in [0.717, 1.165) is 29.6 Å². The van der Waals surface area contributed by atoms with Gasteiger partial charge in [-0.05, 0) is 45.0 Å². The third-order valence-electron chi connectivity index (χ3n) is 6.61. The lowest BCUT2D eigenvalue weighted by Gasteiger charge is -2.29. The summed E-state index contributed by atoms with van der Waals surface area (Å²) >= 11 is 5.62. The molecule has 3 heterocycles. The van der Waals surface area contributed by atoms with Crippen LogP contribution in [0.3, 0.4) is 0 Å². The predicted octanol–water partition coefficient (Wildman–Crippen LogP) is 2.83. The molecular weight excluding hydrogens is 526 g/mol. The molecule has 13 heteroatoms. The maximum Gasteiger partial charge on any atom is 0.243 e. The monoisotopic (exact) mass is 561 g/mol. The van der Waals surface area contributed by atoms with Gasteiger partial charge in [-0.25, -0.2) is 13.4 Å². The van der Waals surface area contributed by atoms with E-state index in [0.29, 0.717) is 47.9 Å². The van der Waals surface area contributed by atoms with Crippen molar-refractivity contribution >= 4 is 39.2 Å². The van der Waals surface area contributed by atoms with Crippen molar-refractivity contribution in [2.24, 2.45) is 7.05 Å². The van der Waals surface area contributed by atoms with E-state index in [2.05, 4.69) is 27.3 Å². The molecule has 1 amide bonds. The van der Waals surface area contributed by atoms with E-state index in [9.17, 15) is 13.2 Å². The molecular formula is C25H35N7O4S2. The number of hydrogen-bond acceptors (Lipinski definition) is 8. The first-order chi connectivity index (χ1) is 18.1. The van der Waals surface area contributed by atoms with Gasteiger partial charge in [0.2, 0.25) is 15.9 Å². The van der Waals surface area contributed by atoms with Gasteiger partial charge in [0.15, 0.2) is 4.64 Å². The van der Waals surface area contributed by atoms with Crippen LogP contribution >= 0.6 is 12.2 Å². The summed E-state index contributed by atoms with van der Waals surface area (Å²) in [4.78, 5) is 21.8. The second kappa shape index (κ2) is 11.5. The maximum absolute atomic E-state index is 13.8. The van der Waals surface area contributed by atoms with Crippen LogP contribution in [0.5, 0.6) is 5.75 Å². The molecule has 0 saturated carbocycles. The zero-order valence-corrected chi connectivity index (χ0v) is 24.1. The molecule has 1 saturated heterocycles. The molecule has 4 rings (SSSR count). The Kier molecular flexibility index (Phi) is 8.50. The molecule has 0 radical (unpaired) electrons. The lowest BCUT2D eigenvalue weighted by molar-refractivity contribution is -0.120. The fraction of sp³-hybridized carbons (Fsp3) is 0.520. The molecule has 0 aliphatic carbocycles. The number of hydrogen-bond donors (Lipinski definition) is 2. The summed E-state index contributed by atoms with van der Waals surface area (Å²) in [5.74, 6) is 0.704. The van der Waals surface area contributed by atoms with Gasteiger partial charge in [-0.15, -0.1) is 0 Å². The van der Waals surface area contributed by atoms with Crippen LogP contribution in [-0.2, 0) is 28.3 Å². The van der Waals surface area contributed by atoms with Crippen LogP contribution in [0.15, 0.2) is 23.1 Å². The van der Waals surface area contributed by atoms with Crippen molar-refractivity contribution in [1.82, 2.24) is 34.3 Å². The van der Waals surface area contributed by atoms with Gasteiger partial charge >= 0.3 is 0 Å². The minimum atomic E-state index is -3.89. The average Bonchev–Trinajstić information content (AvgIpc) is 3.05. The number of amides is 1. The lowest BCUT2D eigenvalue weighted by atomic mass is 10.1. The smallest absolute Gasteiger partial charge is 0.243 e. The van der Waals surface area contributed by atoms with Crippen LogP contribution in [0.4, 0.5) is 0 Å². The number of ether oxygens (including phenoxy) is 1. The van der Waals surface area contributed by atoms with Crippen LogP contribution in [-0.4, -0.2) is 82.7 Å². The van der Waals surface area contributed by atoms with E-state index < -0.39 is 16.2 Å². The molecule has 11 nitrogen and oxygen atoms in total. The summed E-state index contributed by atoms with van der Waals surface area (Å²) in [5, 5.41) is 7.46. The molecule has 1 aliphatic heterocycles. The molecule has 0 spiro atoms. The Morgan fingerprint density at radius 3 is 2.71 bits per heavy atom. The number of aryl methyl sites for hydroxylation is 2. The second-order valence-corrected chi connectivity index (χ2v) is 11.8. The normalized spacial score (nSPS) is 17.4. The van der Waals surface area contributed by atoms with Crippen LogP contribution in [0, 0.1) is 4.64 Å². The van der Waals surface area contributed by atoms with Gasteiger partial charge in [-0.2, -0.15) is 9.40 Å². The summed E-state index contributed by atoms with van der Waals surface area (Å²) in [6.45, 7) is 6.92. The molecule has 1 aromatic carbocycles. The van der Waals surface area contributed by atoms with Gasteiger partial charge < -0.3 is 15.0 Å². The average molecular weight is 562 g/mol. The Labute approximate surface area is 228 Å². The summed E-state index contributed by atoms with van der Waals surface area (Å²) in [6, 6.07) is 4.78. The first-order valence-electron chi connectivity index (χ1n) is 12.8. The van der Waals surface area contributed by atoms with E-state index in [-0.39, 0.29) is 17.3 Å². The highest BCUT2D eigenvalue weighted by atomic mass is 32.2. The highest BCUT2D eigenvalue weighted by molar-refractivity contribution is 7.89. The van der Waals surface area contributed by atoms with Crippen LogP contribution in [0.25, 0.3) is 22.4 Å². The number of H-pyrrole nitrogens is 1. The number of nitrogens with one attached hydrogen (secondary N) is 2. The number of likely N-dealkylation sites (N-methyl/N-ethyl adjacent to an activating group) is 1. The van der Waals surface area contributed by atoms with E-state index in [4.69, 9.17) is 17.0 Å². The number of nitrogens with zero attached hydrogens (tertiary/aromatic N) is 5. The largest absolute Gasteiger partial charge is 0.493 e. The first-order valence-corrected chi connectivity index (χ1v) is 14.6. The molecule has 1 aliphatic rings. The predicted molar refractivity (Wildman–Crippen MR) is 148 cm³/mol. The van der Waals surface area contributed by atoms with Crippen molar-refractivity contribution in [2.75, 3.05) is 33.3 Å².